The fourth-order valence-corrected chi connectivity index (χ4v) is 3.02. The SMILES string of the molecule is CC(C)[C@@H](CO)NC1CCS(=O)CC1. The summed E-state index contributed by atoms with van der Waals surface area (Å²) in [6.07, 6.45) is 1.96. The molecule has 0 bridgehead atoms. The Bertz CT molecular complexity index is 187. The highest BCUT2D eigenvalue weighted by Gasteiger charge is 2.21. The zero-order valence-corrected chi connectivity index (χ0v) is 9.85. The summed E-state index contributed by atoms with van der Waals surface area (Å²) in [5.74, 6) is 2.08. The minimum atomic E-state index is -0.591. The van der Waals surface area contributed by atoms with E-state index >= 15 is 0 Å². The van der Waals surface area contributed by atoms with Crippen LogP contribution in [0.4, 0.5) is 0 Å². The van der Waals surface area contributed by atoms with E-state index in [4.69, 9.17) is 5.11 Å². The Hall–Kier alpha value is 0.0700. The lowest BCUT2D eigenvalue weighted by molar-refractivity contribution is 0.196. The highest BCUT2D eigenvalue weighted by molar-refractivity contribution is 7.85. The summed E-state index contributed by atoms with van der Waals surface area (Å²) >= 11 is 0. The van der Waals surface area contributed by atoms with Crippen LogP contribution in [0.2, 0.25) is 0 Å². The van der Waals surface area contributed by atoms with Gasteiger partial charge in [0.15, 0.2) is 0 Å². The predicted molar refractivity (Wildman–Crippen MR) is 59.7 cm³/mol. The van der Waals surface area contributed by atoms with Crippen molar-refractivity contribution in [3.63, 3.8) is 0 Å². The first kappa shape index (κ1) is 12.1. The molecular formula is C10H21NO2S. The molecule has 84 valence electrons. The van der Waals surface area contributed by atoms with Crippen LogP contribution in [0.1, 0.15) is 26.7 Å². The lowest BCUT2D eigenvalue weighted by atomic mass is 10.0. The van der Waals surface area contributed by atoms with E-state index in [0.29, 0.717) is 12.0 Å². The second kappa shape index (κ2) is 5.83. The van der Waals surface area contributed by atoms with Crippen molar-refractivity contribution >= 4 is 10.8 Å². The van der Waals surface area contributed by atoms with Gasteiger partial charge < -0.3 is 10.4 Å². The van der Waals surface area contributed by atoms with Crippen LogP contribution in [0.5, 0.6) is 0 Å². The van der Waals surface area contributed by atoms with E-state index in [2.05, 4.69) is 19.2 Å². The number of rotatable bonds is 4. The van der Waals surface area contributed by atoms with Gasteiger partial charge in [0.05, 0.1) is 6.61 Å². The molecule has 4 heteroatoms. The first-order valence-electron chi connectivity index (χ1n) is 5.35. The van der Waals surface area contributed by atoms with E-state index < -0.39 is 10.8 Å². The first-order chi connectivity index (χ1) is 6.63. The van der Waals surface area contributed by atoms with Crippen molar-refractivity contribution in [1.29, 1.82) is 0 Å². The van der Waals surface area contributed by atoms with Crippen molar-refractivity contribution < 1.29 is 9.32 Å². The molecule has 1 rings (SSSR count). The van der Waals surface area contributed by atoms with Gasteiger partial charge in [0.25, 0.3) is 0 Å². The molecule has 0 unspecified atom stereocenters. The minimum Gasteiger partial charge on any atom is -0.395 e. The van der Waals surface area contributed by atoms with Crippen LogP contribution in [-0.2, 0) is 10.8 Å². The van der Waals surface area contributed by atoms with Crippen LogP contribution in [-0.4, -0.2) is 39.5 Å². The largest absolute Gasteiger partial charge is 0.395 e. The summed E-state index contributed by atoms with van der Waals surface area (Å²) in [5.41, 5.74) is 0. The van der Waals surface area contributed by atoms with Crippen molar-refractivity contribution in [3.05, 3.63) is 0 Å². The maximum atomic E-state index is 11.1. The van der Waals surface area contributed by atoms with Crippen molar-refractivity contribution in [3.8, 4) is 0 Å². The molecule has 0 aromatic carbocycles. The Balaban J connectivity index is 2.32. The minimum absolute atomic E-state index is 0.187. The second-order valence-corrected chi connectivity index (χ2v) is 6.02. The zero-order valence-electron chi connectivity index (χ0n) is 9.03. The summed E-state index contributed by atoms with van der Waals surface area (Å²) in [4.78, 5) is 0. The van der Waals surface area contributed by atoms with Crippen LogP contribution in [0.25, 0.3) is 0 Å². The molecule has 1 heterocycles. The third-order valence-electron chi connectivity index (χ3n) is 2.84. The maximum absolute atomic E-state index is 11.1. The van der Waals surface area contributed by atoms with Gasteiger partial charge in [-0.05, 0) is 18.8 Å². The molecule has 14 heavy (non-hydrogen) atoms. The molecule has 1 fully saturated rings. The smallest absolute Gasteiger partial charge is 0.0587 e. The number of aliphatic hydroxyl groups is 1. The number of nitrogens with one attached hydrogen (secondary N) is 1. The summed E-state index contributed by atoms with van der Waals surface area (Å²) in [5, 5.41) is 12.6. The van der Waals surface area contributed by atoms with Gasteiger partial charge >= 0.3 is 0 Å². The lowest BCUT2D eigenvalue weighted by Gasteiger charge is -2.29. The average Bonchev–Trinajstić information content (AvgIpc) is 2.16. The topological polar surface area (TPSA) is 49.3 Å². The molecule has 2 N–H and O–H groups in total. The highest BCUT2D eigenvalue weighted by Crippen LogP contribution is 2.12. The van der Waals surface area contributed by atoms with Crippen LogP contribution in [0, 0.1) is 5.92 Å². The molecule has 1 atom stereocenters. The third-order valence-corrected chi connectivity index (χ3v) is 4.22. The Labute approximate surface area is 88.7 Å². The molecule has 0 saturated carbocycles. The van der Waals surface area contributed by atoms with E-state index in [9.17, 15) is 4.21 Å². The van der Waals surface area contributed by atoms with Crippen molar-refractivity contribution in [1.82, 2.24) is 5.32 Å². The monoisotopic (exact) mass is 219 g/mol. The zero-order chi connectivity index (χ0) is 10.6. The van der Waals surface area contributed by atoms with E-state index in [0.717, 1.165) is 24.3 Å². The molecule has 0 amide bonds. The molecule has 1 aliphatic heterocycles. The summed E-state index contributed by atoms with van der Waals surface area (Å²) in [6, 6.07) is 0.638. The van der Waals surface area contributed by atoms with E-state index in [1.54, 1.807) is 0 Å². The molecule has 0 aromatic rings. The number of hydrogen-bond acceptors (Lipinski definition) is 3. The maximum Gasteiger partial charge on any atom is 0.0587 e. The molecule has 0 radical (unpaired) electrons. The van der Waals surface area contributed by atoms with Gasteiger partial charge in [-0.15, -0.1) is 0 Å². The van der Waals surface area contributed by atoms with E-state index in [1.807, 2.05) is 0 Å². The van der Waals surface area contributed by atoms with E-state index in [-0.39, 0.29) is 12.6 Å². The molecule has 0 aliphatic carbocycles. The molecule has 1 aliphatic rings. The fourth-order valence-electron chi connectivity index (χ4n) is 1.72. The van der Waals surface area contributed by atoms with Crippen molar-refractivity contribution in [2.24, 2.45) is 5.92 Å². The van der Waals surface area contributed by atoms with Crippen molar-refractivity contribution in [2.75, 3.05) is 18.1 Å². The van der Waals surface area contributed by atoms with Crippen LogP contribution >= 0.6 is 0 Å². The second-order valence-electron chi connectivity index (χ2n) is 4.32. The van der Waals surface area contributed by atoms with Crippen LogP contribution in [0.15, 0.2) is 0 Å². The van der Waals surface area contributed by atoms with Gasteiger partial charge in [-0.2, -0.15) is 0 Å². The predicted octanol–water partition coefficient (Wildman–Crippen LogP) is 0.504. The van der Waals surface area contributed by atoms with Gasteiger partial charge in [-0.3, -0.25) is 4.21 Å². The third kappa shape index (κ3) is 3.67. The Morgan fingerprint density at radius 2 is 2.00 bits per heavy atom. The fraction of sp³-hybridized carbons (Fsp3) is 1.00. The number of aliphatic hydroxyl groups excluding tert-OH is 1. The van der Waals surface area contributed by atoms with Crippen LogP contribution in [0.3, 0.4) is 0 Å². The molecule has 0 aromatic heterocycles. The van der Waals surface area contributed by atoms with Crippen LogP contribution < -0.4 is 5.32 Å². The standard InChI is InChI=1S/C10H21NO2S/c1-8(2)10(7-12)11-9-3-5-14(13)6-4-9/h8-12H,3-7H2,1-2H3/t9?,10-,14?/m1/s1. The summed E-state index contributed by atoms with van der Waals surface area (Å²) in [6.45, 7) is 4.40. The molecular weight excluding hydrogens is 198 g/mol. The van der Waals surface area contributed by atoms with Gasteiger partial charge in [-0.25, -0.2) is 0 Å². The van der Waals surface area contributed by atoms with Gasteiger partial charge in [0.2, 0.25) is 0 Å². The molecule has 3 nitrogen and oxygen atoms in total. The molecule has 1 saturated heterocycles. The lowest BCUT2D eigenvalue weighted by Crippen LogP contribution is -2.46. The van der Waals surface area contributed by atoms with E-state index in [1.165, 1.54) is 0 Å². The summed E-state index contributed by atoms with van der Waals surface area (Å²) < 4.78 is 11.1. The number of hydrogen-bond donors (Lipinski definition) is 2. The summed E-state index contributed by atoms with van der Waals surface area (Å²) in [7, 11) is -0.591. The van der Waals surface area contributed by atoms with Gasteiger partial charge in [0, 0.05) is 34.4 Å². The molecule has 0 spiro atoms. The first-order valence-corrected chi connectivity index (χ1v) is 6.84. The van der Waals surface area contributed by atoms with Crippen molar-refractivity contribution in [2.45, 2.75) is 38.8 Å². The Kier molecular flexibility index (Phi) is 5.06. The van der Waals surface area contributed by atoms with Gasteiger partial charge in [-0.1, -0.05) is 13.8 Å². The average molecular weight is 219 g/mol. The Morgan fingerprint density at radius 1 is 1.43 bits per heavy atom. The highest BCUT2D eigenvalue weighted by atomic mass is 32.2. The van der Waals surface area contributed by atoms with Gasteiger partial charge in [0.1, 0.15) is 0 Å². The quantitative estimate of drug-likeness (QED) is 0.724. The normalized spacial score (nSPS) is 30.6. The Morgan fingerprint density at radius 3 is 2.43 bits per heavy atom.